The van der Waals surface area contributed by atoms with Gasteiger partial charge in [-0.1, -0.05) is 25.1 Å². The zero-order chi connectivity index (χ0) is 35.2. The molecule has 0 bridgehead atoms. The van der Waals surface area contributed by atoms with Crippen LogP contribution in [0.2, 0.25) is 0 Å². The number of rotatable bonds is 14. The van der Waals surface area contributed by atoms with Crippen molar-refractivity contribution in [3.8, 4) is 11.4 Å². The van der Waals surface area contributed by atoms with Gasteiger partial charge in [-0.3, -0.25) is 28.4 Å². The number of methoxy groups -OCH3 is 1. The molecule has 5 aromatic rings. The molecule has 1 aliphatic rings. The van der Waals surface area contributed by atoms with Gasteiger partial charge in [-0.15, -0.1) is 0 Å². The van der Waals surface area contributed by atoms with Crippen LogP contribution < -0.4 is 16.1 Å². The Hall–Kier alpha value is -5.43. The summed E-state index contributed by atoms with van der Waals surface area (Å²) >= 11 is 0. The zero-order valence-electron chi connectivity index (χ0n) is 28.2. The van der Waals surface area contributed by atoms with Gasteiger partial charge in [0.2, 0.25) is 0 Å². The molecule has 1 aliphatic heterocycles. The van der Waals surface area contributed by atoms with Gasteiger partial charge in [-0.25, -0.2) is 19.2 Å². The lowest BCUT2D eigenvalue weighted by molar-refractivity contribution is 0.0738. The van der Waals surface area contributed by atoms with Crippen LogP contribution in [0.3, 0.4) is 0 Å². The van der Waals surface area contributed by atoms with E-state index < -0.39 is 17.1 Å². The number of unbranched alkanes of at least 4 members (excludes halogenated alkanes) is 1. The minimum Gasteiger partial charge on any atom is -0.385 e. The van der Waals surface area contributed by atoms with E-state index in [1.54, 1.807) is 30.3 Å². The van der Waals surface area contributed by atoms with Crippen molar-refractivity contribution in [1.29, 1.82) is 0 Å². The van der Waals surface area contributed by atoms with Crippen LogP contribution in [0.4, 0.5) is 10.2 Å². The van der Waals surface area contributed by atoms with Gasteiger partial charge in [0.1, 0.15) is 23.0 Å². The molecule has 2 aromatic carbocycles. The number of benzene rings is 2. The number of aromatic amines is 1. The van der Waals surface area contributed by atoms with E-state index in [0.29, 0.717) is 73.8 Å². The maximum absolute atomic E-state index is 13.7. The molecule has 6 rings (SSSR count). The first-order valence-corrected chi connectivity index (χ1v) is 16.9. The van der Waals surface area contributed by atoms with Gasteiger partial charge in [0, 0.05) is 69.3 Å². The van der Waals surface area contributed by atoms with Crippen LogP contribution in [0.5, 0.6) is 0 Å². The monoisotopic (exact) mass is 681 g/mol. The van der Waals surface area contributed by atoms with Crippen LogP contribution >= 0.6 is 0 Å². The van der Waals surface area contributed by atoms with Gasteiger partial charge in [-0.2, -0.15) is 0 Å². The van der Waals surface area contributed by atoms with E-state index in [0.717, 1.165) is 18.4 Å². The largest absolute Gasteiger partial charge is 0.385 e. The number of H-pyrrole nitrogens is 1. The van der Waals surface area contributed by atoms with E-state index in [2.05, 4.69) is 15.0 Å². The average molecular weight is 682 g/mol. The van der Waals surface area contributed by atoms with Crippen LogP contribution in [0.1, 0.15) is 58.9 Å². The third-order valence-electron chi connectivity index (χ3n) is 8.92. The number of nitrogens with one attached hydrogen (secondary N) is 1. The van der Waals surface area contributed by atoms with Crippen molar-refractivity contribution in [2.45, 2.75) is 52.1 Å². The first-order chi connectivity index (χ1) is 24.3. The predicted molar refractivity (Wildman–Crippen MR) is 188 cm³/mol. The standard InChI is InChI=1S/C37H40FN7O5/c1-3-18-45-36(48)31-33(44(37(45)49)20-6-7-23-50-2)41-32(40-31)27-13-16-30(39-24-27)43(34(46)26-11-14-28(38)15-12-26)21-8-19-42-22-17-25-9-4-5-10-29(25)35(42)47/h4-5,9-16,24H,3,6-8,17-23H2,1-2H3,(H,40,41). The number of carbonyl (C=O) groups excluding carboxylic acids is 2. The molecule has 12 nitrogen and oxygen atoms in total. The molecule has 0 saturated carbocycles. The van der Waals surface area contributed by atoms with Gasteiger partial charge >= 0.3 is 5.69 Å². The number of nitrogens with zero attached hydrogens (tertiary/aromatic N) is 6. The number of fused-ring (bicyclic) bond motifs is 2. The van der Waals surface area contributed by atoms with E-state index in [9.17, 15) is 23.6 Å². The van der Waals surface area contributed by atoms with Crippen molar-refractivity contribution in [2.24, 2.45) is 0 Å². The Balaban J connectivity index is 1.27. The van der Waals surface area contributed by atoms with Crippen molar-refractivity contribution >= 4 is 28.8 Å². The number of halogens is 1. The molecule has 0 fully saturated rings. The number of amides is 2. The Morgan fingerprint density at radius 1 is 0.960 bits per heavy atom. The maximum atomic E-state index is 13.7. The first kappa shape index (κ1) is 34.4. The van der Waals surface area contributed by atoms with Gasteiger partial charge in [-0.05, 0) is 80.1 Å². The highest BCUT2D eigenvalue weighted by Gasteiger charge is 2.25. The van der Waals surface area contributed by atoms with Crippen LogP contribution in [-0.4, -0.2) is 74.2 Å². The summed E-state index contributed by atoms with van der Waals surface area (Å²) in [6, 6.07) is 16.3. The van der Waals surface area contributed by atoms with Gasteiger partial charge < -0.3 is 14.6 Å². The molecule has 4 heterocycles. The first-order valence-electron chi connectivity index (χ1n) is 16.9. The summed E-state index contributed by atoms with van der Waals surface area (Å²) < 4.78 is 21.6. The molecule has 50 heavy (non-hydrogen) atoms. The lowest BCUT2D eigenvalue weighted by Crippen LogP contribution is -2.40. The summed E-state index contributed by atoms with van der Waals surface area (Å²) in [6.07, 6.45) is 4.83. The Labute approximate surface area is 288 Å². The normalized spacial score (nSPS) is 12.8. The third-order valence-corrected chi connectivity index (χ3v) is 8.92. The summed E-state index contributed by atoms with van der Waals surface area (Å²) in [5.74, 6) is -0.130. The molecule has 0 atom stereocenters. The van der Waals surface area contributed by atoms with E-state index in [-0.39, 0.29) is 36.1 Å². The number of hydrogen-bond acceptors (Lipinski definition) is 7. The highest BCUT2D eigenvalue weighted by atomic mass is 19.1. The van der Waals surface area contributed by atoms with Crippen molar-refractivity contribution < 1.29 is 18.7 Å². The molecule has 3 aromatic heterocycles. The smallest absolute Gasteiger partial charge is 0.332 e. The molecule has 13 heteroatoms. The van der Waals surface area contributed by atoms with Crippen LogP contribution in [0.25, 0.3) is 22.6 Å². The molecule has 0 saturated heterocycles. The number of anilines is 1. The minimum atomic E-state index is -0.452. The average Bonchev–Trinajstić information content (AvgIpc) is 3.58. The number of hydrogen-bond donors (Lipinski definition) is 1. The Morgan fingerprint density at radius 2 is 1.76 bits per heavy atom. The second-order valence-electron chi connectivity index (χ2n) is 12.3. The van der Waals surface area contributed by atoms with E-state index in [1.165, 1.54) is 38.3 Å². The summed E-state index contributed by atoms with van der Waals surface area (Å²) in [4.78, 5) is 69.2. The summed E-state index contributed by atoms with van der Waals surface area (Å²) in [5, 5.41) is 0. The quantitative estimate of drug-likeness (QED) is 0.169. The van der Waals surface area contributed by atoms with Crippen molar-refractivity contribution in [2.75, 3.05) is 38.3 Å². The number of carbonyl (C=O) groups is 2. The Morgan fingerprint density at radius 3 is 2.50 bits per heavy atom. The molecular weight excluding hydrogens is 641 g/mol. The lowest BCUT2D eigenvalue weighted by atomic mass is 9.99. The van der Waals surface area contributed by atoms with Gasteiger partial charge in [0.25, 0.3) is 17.4 Å². The fraction of sp³-hybridized carbons (Fsp3) is 0.351. The topological polar surface area (TPSA) is 135 Å². The van der Waals surface area contributed by atoms with Crippen LogP contribution in [0, 0.1) is 5.82 Å². The molecule has 2 amide bonds. The van der Waals surface area contributed by atoms with Gasteiger partial charge in [0.05, 0.1) is 0 Å². The summed E-state index contributed by atoms with van der Waals surface area (Å²) in [7, 11) is 1.63. The number of pyridine rings is 1. The molecular formula is C37H40FN7O5. The van der Waals surface area contributed by atoms with E-state index in [1.807, 2.05) is 31.2 Å². The van der Waals surface area contributed by atoms with Crippen molar-refractivity contribution in [3.05, 3.63) is 110 Å². The number of imidazole rings is 1. The molecule has 260 valence electrons. The number of aromatic nitrogens is 5. The Bertz CT molecular complexity index is 2100. The lowest BCUT2D eigenvalue weighted by Gasteiger charge is -2.29. The van der Waals surface area contributed by atoms with Crippen molar-refractivity contribution in [1.82, 2.24) is 29.0 Å². The second kappa shape index (κ2) is 15.4. The molecule has 0 spiro atoms. The third kappa shape index (κ3) is 7.13. The summed E-state index contributed by atoms with van der Waals surface area (Å²) in [5.41, 5.74) is 2.24. The van der Waals surface area contributed by atoms with Crippen LogP contribution in [0.15, 0.2) is 76.4 Å². The van der Waals surface area contributed by atoms with Gasteiger partial charge in [0.15, 0.2) is 5.65 Å². The van der Waals surface area contributed by atoms with E-state index in [4.69, 9.17) is 4.74 Å². The fourth-order valence-corrected chi connectivity index (χ4v) is 6.30. The minimum absolute atomic E-state index is 0.0292. The van der Waals surface area contributed by atoms with E-state index >= 15 is 0 Å². The van der Waals surface area contributed by atoms with Crippen molar-refractivity contribution in [3.63, 3.8) is 0 Å². The number of aryl methyl sites for hydroxylation is 1. The number of ether oxygens (including phenoxy) is 1. The molecule has 1 N–H and O–H groups in total. The Kier molecular flexibility index (Phi) is 10.6. The summed E-state index contributed by atoms with van der Waals surface area (Å²) in [6.45, 7) is 4.42. The van der Waals surface area contributed by atoms with Crippen LogP contribution in [-0.2, 0) is 24.2 Å². The maximum Gasteiger partial charge on any atom is 0.332 e. The molecule has 0 aliphatic carbocycles. The fourth-order valence-electron chi connectivity index (χ4n) is 6.30. The highest BCUT2D eigenvalue weighted by molar-refractivity contribution is 6.05. The SMILES string of the molecule is CCCn1c(=O)c2[nH]c(-c3ccc(N(CCCN4CCc5ccccc5C4=O)C(=O)c4ccc(F)cc4)nc3)nc2n(CCCCOC)c1=O. The second-order valence-corrected chi connectivity index (χ2v) is 12.3. The molecule has 0 radical (unpaired) electrons. The highest BCUT2D eigenvalue weighted by Crippen LogP contribution is 2.23. The zero-order valence-corrected chi connectivity index (χ0v) is 28.2. The predicted octanol–water partition coefficient (Wildman–Crippen LogP) is 4.66. The molecule has 0 unspecified atom stereocenters.